The minimum atomic E-state index is -0.287. The maximum Gasteiger partial charge on any atom is 0.311 e. The molecule has 0 aliphatic rings. The highest BCUT2D eigenvalue weighted by molar-refractivity contribution is 7.13. The van der Waals surface area contributed by atoms with Gasteiger partial charge in [0.25, 0.3) is 0 Å². The molecule has 0 aliphatic carbocycles. The van der Waals surface area contributed by atoms with E-state index in [1.807, 2.05) is 18.2 Å². The lowest BCUT2D eigenvalue weighted by Gasteiger charge is -2.10. The molecule has 26 heavy (non-hydrogen) atoms. The van der Waals surface area contributed by atoms with Crippen molar-refractivity contribution in [1.82, 2.24) is 4.98 Å². The molecule has 1 aromatic carbocycles. The van der Waals surface area contributed by atoms with Crippen molar-refractivity contribution in [2.75, 3.05) is 25.7 Å². The van der Waals surface area contributed by atoms with E-state index >= 15 is 0 Å². The minimum Gasteiger partial charge on any atom is -0.493 e. The Kier molecular flexibility index (Phi) is 7.88. The molecule has 0 radical (unpaired) electrons. The number of benzene rings is 1. The van der Waals surface area contributed by atoms with Crippen molar-refractivity contribution >= 4 is 28.7 Å². The molecule has 1 heterocycles. The average molecular weight is 377 g/mol. The van der Waals surface area contributed by atoms with E-state index in [0.717, 1.165) is 12.0 Å². The Morgan fingerprint density at radius 1 is 1.35 bits per heavy atom. The number of ether oxygens (including phenoxy) is 3. The molecular formula is C18H23N3O4S. The number of thiazole rings is 1. The lowest BCUT2D eigenvalue weighted by molar-refractivity contribution is -0.142. The smallest absolute Gasteiger partial charge is 0.311 e. The van der Waals surface area contributed by atoms with Gasteiger partial charge in [-0.05, 0) is 37.1 Å². The van der Waals surface area contributed by atoms with E-state index in [4.69, 9.17) is 14.2 Å². The van der Waals surface area contributed by atoms with E-state index in [0.29, 0.717) is 35.5 Å². The molecule has 8 heteroatoms. The predicted molar refractivity (Wildman–Crippen MR) is 102 cm³/mol. The van der Waals surface area contributed by atoms with E-state index < -0.39 is 0 Å². The van der Waals surface area contributed by atoms with Gasteiger partial charge in [-0.25, -0.2) is 4.98 Å². The molecule has 2 rings (SSSR count). The third-order valence-corrected chi connectivity index (χ3v) is 4.00. The van der Waals surface area contributed by atoms with Crippen LogP contribution in [0.5, 0.6) is 11.5 Å². The first-order valence-corrected chi connectivity index (χ1v) is 9.24. The molecule has 0 unspecified atom stereocenters. The van der Waals surface area contributed by atoms with E-state index in [1.165, 1.54) is 11.3 Å². The van der Waals surface area contributed by atoms with Crippen LogP contribution in [0.1, 0.15) is 31.5 Å². The predicted octanol–water partition coefficient (Wildman–Crippen LogP) is 3.49. The first-order valence-electron chi connectivity index (χ1n) is 8.36. The summed E-state index contributed by atoms with van der Waals surface area (Å²) in [6, 6.07) is 5.60. The van der Waals surface area contributed by atoms with E-state index in [-0.39, 0.29) is 12.4 Å². The molecule has 0 atom stereocenters. The molecule has 0 bridgehead atoms. The van der Waals surface area contributed by atoms with Gasteiger partial charge in [0, 0.05) is 5.38 Å². The Labute approximate surface area is 157 Å². The van der Waals surface area contributed by atoms with Crippen LogP contribution in [-0.2, 0) is 16.0 Å². The maximum absolute atomic E-state index is 11.4. The summed E-state index contributed by atoms with van der Waals surface area (Å²) >= 11 is 1.38. The number of nitrogens with one attached hydrogen (secondary N) is 1. The lowest BCUT2D eigenvalue weighted by Crippen LogP contribution is -2.07. The van der Waals surface area contributed by atoms with Crippen LogP contribution in [0.2, 0.25) is 0 Å². The number of hydrazone groups is 1. The normalized spacial score (nSPS) is 10.7. The van der Waals surface area contributed by atoms with E-state index in [2.05, 4.69) is 22.4 Å². The van der Waals surface area contributed by atoms with Gasteiger partial charge >= 0.3 is 5.97 Å². The standard InChI is InChI=1S/C18H23N3O4S/c1-4-8-25-15-7-6-13(9-16(15)23-3)11-19-21-18-20-14(12-26-18)10-17(22)24-5-2/h6-7,9,11-12H,4-5,8,10H2,1-3H3,(H,20,21)/b19-11-. The van der Waals surface area contributed by atoms with Gasteiger partial charge in [0.15, 0.2) is 11.5 Å². The molecule has 1 N–H and O–H groups in total. The lowest BCUT2D eigenvalue weighted by atomic mass is 10.2. The molecule has 140 valence electrons. The van der Waals surface area contributed by atoms with Crippen LogP contribution < -0.4 is 14.9 Å². The molecule has 0 saturated heterocycles. The fourth-order valence-corrected chi connectivity index (χ4v) is 2.72. The van der Waals surface area contributed by atoms with Gasteiger partial charge in [-0.15, -0.1) is 11.3 Å². The van der Waals surface area contributed by atoms with Gasteiger partial charge in [0.05, 0.1) is 38.7 Å². The number of hydrogen-bond acceptors (Lipinski definition) is 8. The Morgan fingerprint density at radius 2 is 2.19 bits per heavy atom. The first-order chi connectivity index (χ1) is 12.7. The van der Waals surface area contributed by atoms with Gasteiger partial charge < -0.3 is 14.2 Å². The fourth-order valence-electron chi connectivity index (χ4n) is 2.06. The number of anilines is 1. The highest BCUT2D eigenvalue weighted by Gasteiger charge is 2.08. The number of rotatable bonds is 10. The first kappa shape index (κ1) is 19.7. The summed E-state index contributed by atoms with van der Waals surface area (Å²) in [6.07, 6.45) is 2.76. The van der Waals surface area contributed by atoms with Crippen LogP contribution in [0.4, 0.5) is 5.13 Å². The van der Waals surface area contributed by atoms with Gasteiger partial charge in [-0.2, -0.15) is 5.10 Å². The number of hydrogen-bond donors (Lipinski definition) is 1. The zero-order valence-corrected chi connectivity index (χ0v) is 16.0. The molecule has 7 nitrogen and oxygen atoms in total. The summed E-state index contributed by atoms with van der Waals surface area (Å²) in [4.78, 5) is 15.7. The largest absolute Gasteiger partial charge is 0.493 e. The van der Waals surface area contributed by atoms with Crippen LogP contribution >= 0.6 is 11.3 Å². The third kappa shape index (κ3) is 6.03. The van der Waals surface area contributed by atoms with Crippen molar-refractivity contribution in [3.05, 3.63) is 34.8 Å². The van der Waals surface area contributed by atoms with Crippen LogP contribution in [0, 0.1) is 0 Å². The van der Waals surface area contributed by atoms with Crippen molar-refractivity contribution in [2.24, 2.45) is 5.10 Å². The highest BCUT2D eigenvalue weighted by Crippen LogP contribution is 2.27. The van der Waals surface area contributed by atoms with Crippen molar-refractivity contribution in [3.63, 3.8) is 0 Å². The molecule has 0 fully saturated rings. The van der Waals surface area contributed by atoms with Gasteiger partial charge in [-0.1, -0.05) is 6.92 Å². The fraction of sp³-hybridized carbons (Fsp3) is 0.389. The van der Waals surface area contributed by atoms with Crippen molar-refractivity contribution in [2.45, 2.75) is 26.7 Å². The minimum absolute atomic E-state index is 0.159. The summed E-state index contributed by atoms with van der Waals surface area (Å²) in [6.45, 7) is 4.84. The SMILES string of the molecule is CCCOc1ccc(/C=N\Nc2nc(CC(=O)OCC)cs2)cc1OC. The van der Waals surface area contributed by atoms with Gasteiger partial charge in [0.2, 0.25) is 5.13 Å². The molecule has 2 aromatic rings. The Hall–Kier alpha value is -2.61. The molecule has 1 aromatic heterocycles. The molecular weight excluding hydrogens is 354 g/mol. The average Bonchev–Trinajstić information content (AvgIpc) is 3.07. The number of aromatic nitrogens is 1. The number of esters is 1. The second-order valence-electron chi connectivity index (χ2n) is 5.25. The Balaban J connectivity index is 1.93. The molecule has 0 spiro atoms. The Bertz CT molecular complexity index is 746. The van der Waals surface area contributed by atoms with E-state index in [9.17, 15) is 4.79 Å². The second-order valence-corrected chi connectivity index (χ2v) is 6.11. The summed E-state index contributed by atoms with van der Waals surface area (Å²) in [5, 5.41) is 6.58. The molecule has 0 aliphatic heterocycles. The number of methoxy groups -OCH3 is 1. The summed E-state index contributed by atoms with van der Waals surface area (Å²) in [5.41, 5.74) is 4.38. The van der Waals surface area contributed by atoms with Gasteiger partial charge in [0.1, 0.15) is 0 Å². The third-order valence-electron chi connectivity index (χ3n) is 3.21. The van der Waals surface area contributed by atoms with Crippen LogP contribution in [0.25, 0.3) is 0 Å². The number of nitrogens with zero attached hydrogens (tertiary/aromatic N) is 2. The molecule has 0 amide bonds. The van der Waals surface area contributed by atoms with Crippen molar-refractivity contribution < 1.29 is 19.0 Å². The quantitative estimate of drug-likeness (QED) is 0.388. The van der Waals surface area contributed by atoms with Crippen LogP contribution in [0.3, 0.4) is 0 Å². The highest BCUT2D eigenvalue weighted by atomic mass is 32.1. The monoisotopic (exact) mass is 377 g/mol. The Morgan fingerprint density at radius 3 is 2.92 bits per heavy atom. The van der Waals surface area contributed by atoms with Crippen LogP contribution in [0.15, 0.2) is 28.7 Å². The van der Waals surface area contributed by atoms with Crippen molar-refractivity contribution in [3.8, 4) is 11.5 Å². The van der Waals surface area contributed by atoms with Gasteiger partial charge in [-0.3, -0.25) is 10.2 Å². The van der Waals surface area contributed by atoms with Crippen LogP contribution in [-0.4, -0.2) is 37.5 Å². The summed E-state index contributed by atoms with van der Waals surface area (Å²) < 4.78 is 15.9. The second kappa shape index (κ2) is 10.4. The number of carbonyl (C=O) groups is 1. The zero-order chi connectivity index (χ0) is 18.8. The number of carbonyl (C=O) groups excluding carboxylic acids is 1. The maximum atomic E-state index is 11.4. The summed E-state index contributed by atoms with van der Waals surface area (Å²) in [7, 11) is 1.61. The van der Waals surface area contributed by atoms with E-state index in [1.54, 1.807) is 25.6 Å². The summed E-state index contributed by atoms with van der Waals surface area (Å²) in [5.74, 6) is 1.08. The zero-order valence-electron chi connectivity index (χ0n) is 15.2. The molecule has 0 saturated carbocycles. The topological polar surface area (TPSA) is 82.0 Å². The van der Waals surface area contributed by atoms with Crippen molar-refractivity contribution in [1.29, 1.82) is 0 Å².